The van der Waals surface area contributed by atoms with E-state index in [-0.39, 0.29) is 0 Å². The highest BCUT2D eigenvalue weighted by Gasteiger charge is 2.15. The molecule has 2 nitrogen and oxygen atoms in total. The highest BCUT2D eigenvalue weighted by atomic mass is 32.1. The van der Waals surface area contributed by atoms with Gasteiger partial charge in [-0.15, -0.1) is 22.7 Å². The van der Waals surface area contributed by atoms with Gasteiger partial charge in [0.15, 0.2) is 0 Å². The van der Waals surface area contributed by atoms with Gasteiger partial charge in [-0.1, -0.05) is 97.1 Å². The summed E-state index contributed by atoms with van der Waals surface area (Å²) in [6.45, 7) is 0. The van der Waals surface area contributed by atoms with E-state index in [9.17, 15) is 0 Å². The van der Waals surface area contributed by atoms with E-state index in [1.54, 1.807) is 22.7 Å². The number of hydrogen-bond acceptors (Lipinski definition) is 4. The van der Waals surface area contributed by atoms with Crippen LogP contribution >= 0.6 is 22.7 Å². The molecule has 8 aromatic rings. The number of benzene rings is 6. The number of hydrogen-bond donors (Lipinski definition) is 0. The predicted molar refractivity (Wildman–Crippen MR) is 163 cm³/mol. The van der Waals surface area contributed by atoms with E-state index in [0.717, 1.165) is 0 Å². The van der Waals surface area contributed by atoms with Crippen molar-refractivity contribution in [2.45, 2.75) is 0 Å². The van der Waals surface area contributed by atoms with E-state index >= 15 is 0 Å². The third kappa shape index (κ3) is 3.38. The van der Waals surface area contributed by atoms with Crippen LogP contribution in [0.15, 0.2) is 120 Å². The highest BCUT2D eigenvalue weighted by molar-refractivity contribution is 7.13. The van der Waals surface area contributed by atoms with Crippen LogP contribution < -0.4 is 0 Å². The Bertz CT molecular complexity index is 1890. The first-order valence-electron chi connectivity index (χ1n) is 12.5. The van der Waals surface area contributed by atoms with Crippen molar-refractivity contribution in [1.29, 1.82) is 0 Å². The Morgan fingerprint density at radius 2 is 0.789 bits per heavy atom. The molecule has 8 rings (SSSR count). The van der Waals surface area contributed by atoms with Crippen molar-refractivity contribution in [3.05, 3.63) is 120 Å². The standard InChI is InChI=1S/C34H20N2S2/c1-5-23(31-17-35-19-37-31)6-2-21(1)27-13-9-25-12-16-30-28(14-10-26-11-15-29(27)33(25)34(26)30)22-3-7-24(8-4-22)32-18-36-20-38-32/h1-20H. The molecule has 0 N–H and O–H groups in total. The summed E-state index contributed by atoms with van der Waals surface area (Å²) in [4.78, 5) is 10.8. The van der Waals surface area contributed by atoms with Crippen LogP contribution in [-0.4, -0.2) is 9.97 Å². The van der Waals surface area contributed by atoms with Crippen LogP contribution in [-0.2, 0) is 0 Å². The average molecular weight is 521 g/mol. The Hall–Kier alpha value is -4.38. The van der Waals surface area contributed by atoms with Crippen molar-refractivity contribution in [2.75, 3.05) is 0 Å². The molecule has 0 amide bonds. The molecule has 0 bridgehead atoms. The molecule has 0 spiro atoms. The fourth-order valence-corrected chi connectivity index (χ4v) is 6.91. The minimum absolute atomic E-state index is 1.19. The van der Waals surface area contributed by atoms with Crippen molar-refractivity contribution in [3.63, 3.8) is 0 Å². The Kier molecular flexibility index (Phi) is 4.90. The van der Waals surface area contributed by atoms with Crippen molar-refractivity contribution in [3.8, 4) is 43.1 Å². The van der Waals surface area contributed by atoms with Gasteiger partial charge in [0.25, 0.3) is 0 Å². The van der Waals surface area contributed by atoms with Crippen molar-refractivity contribution in [1.82, 2.24) is 9.97 Å². The van der Waals surface area contributed by atoms with Gasteiger partial charge in [0.1, 0.15) is 0 Å². The minimum atomic E-state index is 1.19. The normalized spacial score (nSPS) is 11.7. The molecule has 2 aromatic heterocycles. The van der Waals surface area contributed by atoms with Crippen LogP contribution in [0.2, 0.25) is 0 Å². The van der Waals surface area contributed by atoms with Crippen LogP contribution in [0.4, 0.5) is 0 Å². The molecule has 0 radical (unpaired) electrons. The number of nitrogens with zero attached hydrogens (tertiary/aromatic N) is 2. The van der Waals surface area contributed by atoms with Crippen LogP contribution in [0.3, 0.4) is 0 Å². The molecule has 0 atom stereocenters. The van der Waals surface area contributed by atoms with E-state index < -0.39 is 0 Å². The summed E-state index contributed by atoms with van der Waals surface area (Å²) in [5.74, 6) is 0. The fraction of sp³-hybridized carbons (Fsp3) is 0. The Balaban J connectivity index is 1.29. The maximum atomic E-state index is 4.23. The molecule has 0 aliphatic carbocycles. The van der Waals surface area contributed by atoms with Gasteiger partial charge in [-0.05, 0) is 65.7 Å². The summed E-state index contributed by atoms with van der Waals surface area (Å²) >= 11 is 3.34. The molecule has 38 heavy (non-hydrogen) atoms. The molecule has 0 fully saturated rings. The lowest BCUT2D eigenvalue weighted by atomic mass is 9.87. The molecule has 0 saturated carbocycles. The van der Waals surface area contributed by atoms with Crippen molar-refractivity contribution < 1.29 is 0 Å². The van der Waals surface area contributed by atoms with Gasteiger partial charge < -0.3 is 0 Å². The zero-order valence-corrected chi connectivity index (χ0v) is 21.9. The molecule has 0 unspecified atom stereocenters. The summed E-state index contributed by atoms with van der Waals surface area (Å²) in [5, 5.41) is 7.83. The zero-order valence-electron chi connectivity index (χ0n) is 20.3. The first-order chi connectivity index (χ1) is 18.8. The average Bonchev–Trinajstić information content (AvgIpc) is 3.72. The molecule has 2 heterocycles. The van der Waals surface area contributed by atoms with Gasteiger partial charge in [-0.3, -0.25) is 9.97 Å². The second-order valence-corrected chi connectivity index (χ2v) is 11.3. The third-order valence-electron chi connectivity index (χ3n) is 7.49. The molecule has 0 aliphatic heterocycles. The van der Waals surface area contributed by atoms with Crippen LogP contribution in [0, 0.1) is 0 Å². The van der Waals surface area contributed by atoms with Crippen molar-refractivity contribution >= 4 is 55.0 Å². The quantitative estimate of drug-likeness (QED) is 0.216. The second kappa shape index (κ2) is 8.59. The Morgan fingerprint density at radius 3 is 1.18 bits per heavy atom. The van der Waals surface area contributed by atoms with E-state index in [0.29, 0.717) is 0 Å². The van der Waals surface area contributed by atoms with Crippen LogP contribution in [0.1, 0.15) is 0 Å². The summed E-state index contributed by atoms with van der Waals surface area (Å²) in [6, 6.07) is 35.9. The monoisotopic (exact) mass is 520 g/mol. The molecular formula is C34H20N2S2. The zero-order chi connectivity index (χ0) is 25.1. The molecule has 0 saturated heterocycles. The van der Waals surface area contributed by atoms with Gasteiger partial charge in [-0.25, -0.2) is 0 Å². The first kappa shape index (κ1) is 21.7. The molecule has 4 heteroatoms. The second-order valence-electron chi connectivity index (χ2n) is 9.53. The van der Waals surface area contributed by atoms with Crippen molar-refractivity contribution in [2.24, 2.45) is 0 Å². The maximum Gasteiger partial charge on any atom is 0.0797 e. The first-order valence-corrected chi connectivity index (χ1v) is 14.3. The number of aromatic nitrogens is 2. The third-order valence-corrected chi connectivity index (χ3v) is 9.13. The van der Waals surface area contributed by atoms with Gasteiger partial charge in [0, 0.05) is 12.4 Å². The van der Waals surface area contributed by atoms with E-state index in [2.05, 4.69) is 107 Å². The fourth-order valence-electron chi connectivity index (χ4n) is 5.65. The lowest BCUT2D eigenvalue weighted by molar-refractivity contribution is 1.42. The smallest absolute Gasteiger partial charge is 0.0797 e. The SMILES string of the molecule is c1ncc(-c2ccc(-c3ccc4ccc5c(-c6ccc(-c7cncs7)cc6)ccc6ccc3c4c65)cc2)s1. The molecular weight excluding hydrogens is 501 g/mol. The van der Waals surface area contributed by atoms with Gasteiger partial charge in [-0.2, -0.15) is 0 Å². The number of thiazole rings is 2. The Labute approximate surface area is 227 Å². The van der Waals surface area contributed by atoms with Crippen LogP contribution in [0.25, 0.3) is 75.5 Å². The summed E-state index contributed by atoms with van der Waals surface area (Å²) in [6.07, 6.45) is 3.86. The van der Waals surface area contributed by atoms with E-state index in [4.69, 9.17) is 0 Å². The Morgan fingerprint density at radius 1 is 0.395 bits per heavy atom. The maximum absolute atomic E-state index is 4.23. The van der Waals surface area contributed by atoms with Crippen LogP contribution in [0.5, 0.6) is 0 Å². The summed E-state index contributed by atoms with van der Waals surface area (Å²) in [7, 11) is 0. The topological polar surface area (TPSA) is 25.8 Å². The number of rotatable bonds is 4. The summed E-state index contributed by atoms with van der Waals surface area (Å²) < 4.78 is 0. The lowest BCUT2D eigenvalue weighted by Gasteiger charge is -2.16. The van der Waals surface area contributed by atoms with Gasteiger partial charge >= 0.3 is 0 Å². The summed E-state index contributed by atoms with van der Waals surface area (Å²) in [5.41, 5.74) is 11.2. The largest absolute Gasteiger partial charge is 0.252 e. The van der Waals surface area contributed by atoms with E-state index in [1.807, 2.05) is 23.4 Å². The van der Waals surface area contributed by atoms with Gasteiger partial charge in [0.2, 0.25) is 0 Å². The molecule has 0 aliphatic rings. The van der Waals surface area contributed by atoms with E-state index in [1.165, 1.54) is 75.5 Å². The van der Waals surface area contributed by atoms with Gasteiger partial charge in [0.05, 0.1) is 20.8 Å². The molecule has 178 valence electrons. The molecule has 6 aromatic carbocycles. The minimum Gasteiger partial charge on any atom is -0.252 e. The lowest BCUT2D eigenvalue weighted by Crippen LogP contribution is -1.89. The highest BCUT2D eigenvalue weighted by Crippen LogP contribution is 2.42. The predicted octanol–water partition coefficient (Wildman–Crippen LogP) is 10.2.